The van der Waals surface area contributed by atoms with E-state index in [-0.39, 0.29) is 30.2 Å². The molecule has 0 spiro atoms. The zero-order valence-electron chi connectivity index (χ0n) is 22.2. The Bertz CT molecular complexity index is 1450. The highest BCUT2D eigenvalue weighted by Crippen LogP contribution is 2.29. The summed E-state index contributed by atoms with van der Waals surface area (Å²) in [6.45, 7) is 4.19. The molecule has 1 aliphatic carbocycles. The molecule has 0 saturated carbocycles. The van der Waals surface area contributed by atoms with Crippen LogP contribution in [0.2, 0.25) is 0 Å². The number of anilines is 1. The number of rotatable bonds is 6. The molecule has 3 aliphatic rings. The normalized spacial score (nSPS) is 20.4. The van der Waals surface area contributed by atoms with Gasteiger partial charge in [-0.3, -0.25) is 14.4 Å². The van der Waals surface area contributed by atoms with Crippen LogP contribution >= 0.6 is 0 Å². The number of allylic oxidation sites excluding steroid dienone is 3. The molecule has 0 radical (unpaired) electrons. The third-order valence-electron chi connectivity index (χ3n) is 7.53. The molecule has 2 heterocycles. The van der Waals surface area contributed by atoms with Gasteiger partial charge in [0.1, 0.15) is 5.70 Å². The number of hydrogen-bond donors (Lipinski definition) is 3. The van der Waals surface area contributed by atoms with Crippen molar-refractivity contribution in [2.75, 3.05) is 18.9 Å². The van der Waals surface area contributed by atoms with Crippen molar-refractivity contribution in [1.82, 2.24) is 10.2 Å². The zero-order chi connectivity index (χ0) is 27.5. The molecule has 3 amide bonds. The first-order valence-electron chi connectivity index (χ1n) is 13.2. The average molecular weight is 524 g/mol. The zero-order valence-corrected chi connectivity index (χ0v) is 22.2. The van der Waals surface area contributed by atoms with E-state index in [1.54, 1.807) is 24.3 Å². The average Bonchev–Trinajstić information content (AvgIpc) is 3.10. The summed E-state index contributed by atoms with van der Waals surface area (Å²) in [5.41, 5.74) is 11.7. The Hall–Kier alpha value is -4.30. The van der Waals surface area contributed by atoms with Crippen molar-refractivity contribution < 1.29 is 14.4 Å². The van der Waals surface area contributed by atoms with Gasteiger partial charge in [0, 0.05) is 48.1 Å². The Morgan fingerprint density at radius 2 is 1.92 bits per heavy atom. The molecule has 2 unspecified atom stereocenters. The van der Waals surface area contributed by atoms with Gasteiger partial charge in [0.25, 0.3) is 11.8 Å². The third-order valence-corrected chi connectivity index (χ3v) is 7.53. The molecule has 39 heavy (non-hydrogen) atoms. The fourth-order valence-electron chi connectivity index (χ4n) is 5.28. The molecule has 8 nitrogen and oxygen atoms in total. The number of amides is 3. The van der Waals surface area contributed by atoms with Gasteiger partial charge in [-0.25, -0.2) is 4.99 Å². The van der Waals surface area contributed by atoms with E-state index >= 15 is 0 Å². The molecule has 8 heteroatoms. The van der Waals surface area contributed by atoms with Gasteiger partial charge in [-0.1, -0.05) is 37.3 Å². The summed E-state index contributed by atoms with van der Waals surface area (Å²) in [6.07, 6.45) is 8.78. The van der Waals surface area contributed by atoms with Gasteiger partial charge in [-0.15, -0.1) is 0 Å². The summed E-state index contributed by atoms with van der Waals surface area (Å²) >= 11 is 0. The van der Waals surface area contributed by atoms with Crippen LogP contribution in [0.1, 0.15) is 40.4 Å². The Morgan fingerprint density at radius 1 is 1.08 bits per heavy atom. The minimum Gasteiger partial charge on any atom is -0.366 e. The third kappa shape index (κ3) is 6.07. The Morgan fingerprint density at radius 3 is 2.74 bits per heavy atom. The number of nitrogens with two attached hydrogens (primary N) is 1. The maximum Gasteiger partial charge on any atom is 0.269 e. The van der Waals surface area contributed by atoms with Crippen LogP contribution in [0.25, 0.3) is 0 Å². The molecular weight excluding hydrogens is 490 g/mol. The molecular formula is C31H33N5O3. The lowest BCUT2D eigenvalue weighted by Gasteiger charge is -2.25. The van der Waals surface area contributed by atoms with Crippen molar-refractivity contribution in [2.45, 2.75) is 32.9 Å². The van der Waals surface area contributed by atoms with Crippen molar-refractivity contribution in [3.8, 4) is 0 Å². The first kappa shape index (κ1) is 26.3. The maximum absolute atomic E-state index is 13.0. The van der Waals surface area contributed by atoms with E-state index in [0.29, 0.717) is 23.3 Å². The maximum atomic E-state index is 13.0. The number of fused-ring (bicyclic) bond motifs is 2. The second-order valence-corrected chi connectivity index (χ2v) is 10.5. The molecule has 4 N–H and O–H groups in total. The van der Waals surface area contributed by atoms with Crippen LogP contribution < -0.4 is 16.4 Å². The molecule has 0 saturated heterocycles. The predicted octanol–water partition coefficient (Wildman–Crippen LogP) is 3.51. The molecule has 2 aliphatic heterocycles. The van der Waals surface area contributed by atoms with Gasteiger partial charge in [-0.2, -0.15) is 0 Å². The Balaban J connectivity index is 1.21. The van der Waals surface area contributed by atoms with Gasteiger partial charge in [0.2, 0.25) is 5.91 Å². The number of carbonyl (C=O) groups is 3. The van der Waals surface area contributed by atoms with Crippen LogP contribution in [0.5, 0.6) is 0 Å². The summed E-state index contributed by atoms with van der Waals surface area (Å²) in [7, 11) is 2.10. The van der Waals surface area contributed by atoms with Crippen LogP contribution in [0.3, 0.4) is 0 Å². The highest BCUT2D eigenvalue weighted by atomic mass is 16.2. The molecule has 5 rings (SSSR count). The van der Waals surface area contributed by atoms with E-state index in [2.05, 4.69) is 33.6 Å². The van der Waals surface area contributed by atoms with Crippen LogP contribution in [-0.4, -0.2) is 41.9 Å². The van der Waals surface area contributed by atoms with Crippen molar-refractivity contribution >= 4 is 29.1 Å². The summed E-state index contributed by atoms with van der Waals surface area (Å²) < 4.78 is 0. The number of likely N-dealkylation sites (N-methyl/N-ethyl adjacent to an activating group) is 1. The van der Waals surface area contributed by atoms with E-state index in [9.17, 15) is 14.4 Å². The molecule has 0 aromatic heterocycles. The van der Waals surface area contributed by atoms with E-state index in [0.717, 1.165) is 36.5 Å². The quantitative estimate of drug-likeness (QED) is 0.537. The first-order chi connectivity index (χ1) is 18.8. The van der Waals surface area contributed by atoms with E-state index in [1.165, 1.54) is 11.1 Å². The standard InChI is InChI=1S/C31H33N5O3/c1-19-14-22(29(32)37)7-10-27-26(19)9-11-28(35-27)31(39)33-17-20-4-3-5-23(15-20)30(38)34-25-8-6-21-12-13-36(2)18-24(21)16-25/h3-8,10-11,14-16,19,26H,9,12-13,17-18H2,1-2H3,(H2,32,37)(H,33,39)(H,34,38). The number of nitrogens with zero attached hydrogens (tertiary/aromatic N) is 2. The number of benzene rings is 2. The van der Waals surface area contributed by atoms with Gasteiger partial charge in [0.15, 0.2) is 0 Å². The minimum absolute atomic E-state index is 0.0682. The molecule has 0 fully saturated rings. The summed E-state index contributed by atoms with van der Waals surface area (Å²) in [4.78, 5) is 44.3. The largest absolute Gasteiger partial charge is 0.366 e. The summed E-state index contributed by atoms with van der Waals surface area (Å²) in [5.74, 6) is -0.810. The summed E-state index contributed by atoms with van der Waals surface area (Å²) in [6, 6.07) is 13.3. The van der Waals surface area contributed by atoms with Gasteiger partial charge >= 0.3 is 0 Å². The van der Waals surface area contributed by atoms with Crippen molar-refractivity contribution in [3.05, 3.63) is 100 Å². The van der Waals surface area contributed by atoms with E-state index in [1.807, 2.05) is 43.3 Å². The van der Waals surface area contributed by atoms with Crippen molar-refractivity contribution in [3.63, 3.8) is 0 Å². The predicted molar refractivity (Wildman–Crippen MR) is 152 cm³/mol. The number of primary amides is 1. The highest BCUT2D eigenvalue weighted by Gasteiger charge is 2.27. The SMILES string of the molecule is CC1C=C(C(N)=O)C=CC2=NC(C(=O)NCc3cccc(C(=O)Nc4ccc5c(c4)CN(C)CC5)c3)=CCC21. The lowest BCUT2D eigenvalue weighted by Crippen LogP contribution is -2.28. The molecule has 200 valence electrons. The molecule has 2 aromatic carbocycles. The smallest absolute Gasteiger partial charge is 0.269 e. The monoisotopic (exact) mass is 523 g/mol. The van der Waals surface area contributed by atoms with Crippen molar-refractivity contribution in [1.29, 1.82) is 0 Å². The summed E-state index contributed by atoms with van der Waals surface area (Å²) in [5, 5.41) is 5.91. The number of aliphatic imine (C=N–C) groups is 1. The number of carbonyl (C=O) groups excluding carboxylic acids is 3. The minimum atomic E-state index is -0.477. The van der Waals surface area contributed by atoms with Crippen molar-refractivity contribution in [2.24, 2.45) is 22.6 Å². The van der Waals surface area contributed by atoms with Crippen LogP contribution in [0.4, 0.5) is 5.69 Å². The second kappa shape index (κ2) is 11.2. The molecule has 2 atom stereocenters. The number of nitrogens with one attached hydrogen (secondary N) is 2. The van der Waals surface area contributed by atoms with E-state index < -0.39 is 5.91 Å². The number of hydrogen-bond acceptors (Lipinski definition) is 5. The van der Waals surface area contributed by atoms with E-state index in [4.69, 9.17) is 5.73 Å². The Labute approximate surface area is 228 Å². The topological polar surface area (TPSA) is 117 Å². The van der Waals surface area contributed by atoms with Crippen LogP contribution in [0.15, 0.2) is 83.0 Å². The van der Waals surface area contributed by atoms with Crippen LogP contribution in [-0.2, 0) is 29.1 Å². The fraction of sp³-hybridized carbons (Fsp3) is 0.290. The highest BCUT2D eigenvalue weighted by molar-refractivity contribution is 6.06. The van der Waals surface area contributed by atoms with Crippen LogP contribution in [0, 0.1) is 11.8 Å². The Kier molecular flexibility index (Phi) is 7.56. The molecule has 2 aromatic rings. The first-order valence-corrected chi connectivity index (χ1v) is 13.2. The lowest BCUT2D eigenvalue weighted by molar-refractivity contribution is -0.117. The molecule has 0 bridgehead atoms. The van der Waals surface area contributed by atoms with Gasteiger partial charge < -0.3 is 21.3 Å². The van der Waals surface area contributed by atoms with Gasteiger partial charge in [-0.05, 0) is 78.9 Å². The second-order valence-electron chi connectivity index (χ2n) is 10.5. The van der Waals surface area contributed by atoms with Gasteiger partial charge in [0.05, 0.1) is 0 Å². The lowest BCUT2D eigenvalue weighted by atomic mass is 9.85. The fourth-order valence-corrected chi connectivity index (χ4v) is 5.28.